The van der Waals surface area contributed by atoms with Gasteiger partial charge in [-0.25, -0.2) is 13.4 Å². The standard InChI is InChI=1S/C25H24N4O5S/c1-16(2)15-21(29-24(31)19-7-3-4-8-20(19)25(29)32)23(30)27-17-10-12-18(13-11-17)35(33,34)28-22-9-5-6-14-26-22/h3-14,16,21H,15H2,1-2H3,(H,26,28)(H,27,30). The van der Waals surface area contributed by atoms with Gasteiger partial charge in [-0.15, -0.1) is 0 Å². The molecule has 2 heterocycles. The van der Waals surface area contributed by atoms with E-state index in [9.17, 15) is 22.8 Å². The Labute approximate surface area is 203 Å². The van der Waals surface area contributed by atoms with Gasteiger partial charge in [-0.3, -0.25) is 24.0 Å². The van der Waals surface area contributed by atoms with Crippen molar-refractivity contribution in [2.24, 2.45) is 5.92 Å². The third-order valence-corrected chi connectivity index (χ3v) is 6.84. The highest BCUT2D eigenvalue weighted by atomic mass is 32.2. The van der Waals surface area contributed by atoms with Crippen LogP contribution in [0, 0.1) is 5.92 Å². The van der Waals surface area contributed by atoms with Crippen LogP contribution in [0.1, 0.15) is 41.0 Å². The van der Waals surface area contributed by atoms with Gasteiger partial charge in [0.25, 0.3) is 21.8 Å². The highest BCUT2D eigenvalue weighted by Crippen LogP contribution is 2.28. The summed E-state index contributed by atoms with van der Waals surface area (Å²) in [5.41, 5.74) is 0.875. The van der Waals surface area contributed by atoms with Crippen molar-refractivity contribution in [1.82, 2.24) is 9.88 Å². The average Bonchev–Trinajstić information content (AvgIpc) is 3.08. The molecule has 1 aliphatic heterocycles. The van der Waals surface area contributed by atoms with E-state index in [2.05, 4.69) is 15.0 Å². The van der Waals surface area contributed by atoms with E-state index in [1.807, 2.05) is 13.8 Å². The Morgan fingerprint density at radius 2 is 1.51 bits per heavy atom. The van der Waals surface area contributed by atoms with E-state index in [0.29, 0.717) is 5.69 Å². The minimum atomic E-state index is -3.87. The van der Waals surface area contributed by atoms with Crippen molar-refractivity contribution in [2.75, 3.05) is 10.0 Å². The fraction of sp³-hybridized carbons (Fsp3) is 0.200. The number of hydrogen-bond donors (Lipinski definition) is 2. The number of hydrogen-bond acceptors (Lipinski definition) is 6. The highest BCUT2D eigenvalue weighted by Gasteiger charge is 2.42. The van der Waals surface area contributed by atoms with E-state index in [-0.39, 0.29) is 34.2 Å². The van der Waals surface area contributed by atoms with E-state index in [1.54, 1.807) is 36.4 Å². The molecule has 1 unspecified atom stereocenters. The molecular weight excluding hydrogens is 468 g/mol. The maximum absolute atomic E-state index is 13.2. The maximum Gasteiger partial charge on any atom is 0.263 e. The second kappa shape index (κ2) is 9.67. The molecule has 3 aromatic rings. The second-order valence-electron chi connectivity index (χ2n) is 8.51. The normalized spacial score (nSPS) is 14.1. The Bertz CT molecular complexity index is 1340. The summed E-state index contributed by atoms with van der Waals surface area (Å²) in [6.45, 7) is 3.79. The van der Waals surface area contributed by atoms with E-state index in [4.69, 9.17) is 0 Å². The lowest BCUT2D eigenvalue weighted by Gasteiger charge is -2.26. The van der Waals surface area contributed by atoms with Gasteiger partial charge in [-0.1, -0.05) is 32.0 Å². The van der Waals surface area contributed by atoms with E-state index >= 15 is 0 Å². The number of fused-ring (bicyclic) bond motifs is 1. The number of rotatable bonds is 8. The van der Waals surface area contributed by atoms with Gasteiger partial charge in [0.15, 0.2) is 0 Å². The quantitative estimate of drug-likeness (QED) is 0.464. The first-order valence-corrected chi connectivity index (χ1v) is 12.5. The number of benzene rings is 2. The Morgan fingerprint density at radius 1 is 0.914 bits per heavy atom. The molecule has 0 saturated carbocycles. The van der Waals surface area contributed by atoms with Gasteiger partial charge in [-0.05, 0) is 60.9 Å². The summed E-state index contributed by atoms with van der Waals surface area (Å²) in [4.78, 5) is 44.0. The molecule has 0 aliphatic carbocycles. The third-order valence-electron chi connectivity index (χ3n) is 5.47. The predicted octanol–water partition coefficient (Wildman–Crippen LogP) is 3.53. The lowest BCUT2D eigenvalue weighted by molar-refractivity contribution is -0.120. The molecule has 0 spiro atoms. The van der Waals surface area contributed by atoms with Gasteiger partial charge in [0.1, 0.15) is 11.9 Å². The lowest BCUT2D eigenvalue weighted by Crippen LogP contribution is -2.47. The van der Waals surface area contributed by atoms with Gasteiger partial charge in [0, 0.05) is 11.9 Å². The molecule has 0 fully saturated rings. The van der Waals surface area contributed by atoms with Crippen LogP contribution in [-0.4, -0.2) is 42.1 Å². The van der Waals surface area contributed by atoms with Crippen molar-refractivity contribution in [1.29, 1.82) is 0 Å². The smallest absolute Gasteiger partial charge is 0.263 e. The second-order valence-corrected chi connectivity index (χ2v) is 10.2. The van der Waals surface area contributed by atoms with Crippen molar-refractivity contribution >= 4 is 39.3 Å². The van der Waals surface area contributed by atoms with Gasteiger partial charge < -0.3 is 5.32 Å². The van der Waals surface area contributed by atoms with Gasteiger partial charge in [0.05, 0.1) is 16.0 Å². The zero-order valence-electron chi connectivity index (χ0n) is 19.1. The van der Waals surface area contributed by atoms with Crippen molar-refractivity contribution in [3.8, 4) is 0 Å². The largest absolute Gasteiger partial charge is 0.324 e. The Morgan fingerprint density at radius 3 is 2.06 bits per heavy atom. The monoisotopic (exact) mass is 492 g/mol. The molecule has 0 saturated heterocycles. The summed E-state index contributed by atoms with van der Waals surface area (Å²) < 4.78 is 27.6. The molecule has 1 atom stereocenters. The molecule has 1 aliphatic rings. The summed E-state index contributed by atoms with van der Waals surface area (Å²) in [5, 5.41) is 2.71. The number of imide groups is 1. The highest BCUT2D eigenvalue weighted by molar-refractivity contribution is 7.92. The molecule has 10 heteroatoms. The first-order chi connectivity index (χ1) is 16.7. The van der Waals surface area contributed by atoms with Crippen LogP contribution in [0.3, 0.4) is 0 Å². The summed E-state index contributed by atoms with van der Waals surface area (Å²) in [5.74, 6) is -1.33. The maximum atomic E-state index is 13.2. The van der Waals surface area contributed by atoms with E-state index in [0.717, 1.165) is 4.90 Å². The first kappa shape index (κ1) is 24.1. The number of carbonyl (C=O) groups excluding carboxylic acids is 3. The van der Waals surface area contributed by atoms with Crippen molar-refractivity contribution < 1.29 is 22.8 Å². The number of nitrogens with one attached hydrogen (secondary N) is 2. The number of pyridine rings is 1. The topological polar surface area (TPSA) is 126 Å². The minimum Gasteiger partial charge on any atom is -0.324 e. The van der Waals surface area contributed by atoms with E-state index in [1.165, 1.54) is 36.5 Å². The van der Waals surface area contributed by atoms with Crippen LogP contribution in [-0.2, 0) is 14.8 Å². The van der Waals surface area contributed by atoms with Crippen LogP contribution >= 0.6 is 0 Å². The SMILES string of the molecule is CC(C)CC(C(=O)Nc1ccc(S(=O)(=O)Nc2ccccn2)cc1)N1C(=O)c2ccccc2C1=O. The molecule has 0 radical (unpaired) electrons. The van der Waals surface area contributed by atoms with Crippen LogP contribution < -0.4 is 10.0 Å². The van der Waals surface area contributed by atoms with E-state index < -0.39 is 33.8 Å². The summed E-state index contributed by atoms with van der Waals surface area (Å²) in [6, 6.07) is 15.9. The Balaban J connectivity index is 1.52. The third kappa shape index (κ3) is 5.07. The van der Waals surface area contributed by atoms with Crippen LogP contribution in [0.4, 0.5) is 11.5 Å². The molecule has 9 nitrogen and oxygen atoms in total. The molecule has 2 N–H and O–H groups in total. The van der Waals surface area contributed by atoms with Crippen LogP contribution in [0.25, 0.3) is 0 Å². The van der Waals surface area contributed by atoms with Crippen molar-refractivity contribution in [3.05, 3.63) is 84.1 Å². The van der Waals surface area contributed by atoms with Crippen molar-refractivity contribution in [2.45, 2.75) is 31.2 Å². The molecular formula is C25H24N4O5S. The molecule has 180 valence electrons. The molecule has 1 aromatic heterocycles. The summed E-state index contributed by atoms with van der Waals surface area (Å²) in [7, 11) is -3.87. The van der Waals surface area contributed by atoms with Crippen molar-refractivity contribution in [3.63, 3.8) is 0 Å². The number of anilines is 2. The predicted molar refractivity (Wildman–Crippen MR) is 130 cm³/mol. The van der Waals surface area contributed by atoms with Crippen LogP contribution in [0.15, 0.2) is 77.8 Å². The zero-order chi connectivity index (χ0) is 25.2. The molecule has 4 rings (SSSR count). The van der Waals surface area contributed by atoms with Gasteiger partial charge in [-0.2, -0.15) is 0 Å². The molecule has 2 aromatic carbocycles. The summed E-state index contributed by atoms with van der Waals surface area (Å²) in [6.07, 6.45) is 1.75. The Kier molecular flexibility index (Phi) is 6.65. The number of carbonyl (C=O) groups is 3. The molecule has 0 bridgehead atoms. The average molecular weight is 493 g/mol. The van der Waals surface area contributed by atoms with Crippen LogP contribution in [0.5, 0.6) is 0 Å². The van der Waals surface area contributed by atoms with Gasteiger partial charge in [0.2, 0.25) is 5.91 Å². The van der Waals surface area contributed by atoms with Crippen LogP contribution in [0.2, 0.25) is 0 Å². The Hall–Kier alpha value is -4.05. The molecule has 35 heavy (non-hydrogen) atoms. The fourth-order valence-corrected chi connectivity index (χ4v) is 4.84. The number of amides is 3. The first-order valence-electron chi connectivity index (χ1n) is 11.0. The lowest BCUT2D eigenvalue weighted by atomic mass is 10.0. The minimum absolute atomic E-state index is 0.0137. The van der Waals surface area contributed by atoms with Gasteiger partial charge >= 0.3 is 0 Å². The molecule has 3 amide bonds. The fourth-order valence-electron chi connectivity index (χ4n) is 3.83. The summed E-state index contributed by atoms with van der Waals surface area (Å²) >= 11 is 0. The number of sulfonamides is 1. The number of nitrogens with zero attached hydrogens (tertiary/aromatic N) is 2. The number of aromatic nitrogens is 1. The zero-order valence-corrected chi connectivity index (χ0v) is 20.0.